The topological polar surface area (TPSA) is 64.0 Å². The Balaban J connectivity index is 1.66. The van der Waals surface area contributed by atoms with Gasteiger partial charge in [0, 0.05) is 6.07 Å². The van der Waals surface area contributed by atoms with Crippen LogP contribution in [0.4, 0.5) is 18.9 Å². The second-order valence-corrected chi connectivity index (χ2v) is 8.52. The standard InChI is InChI=1S/C20H11ClF3N3O2S2/c21-14-8-10(22)1-2-15(14)25-17(28)9-31-20-26-16-3-4-30-18(16)19(29)27(20)13-6-11(23)5-12(24)7-13/h1-8H,9H2,(H,25,28). The minimum absolute atomic E-state index is 0.0308. The Hall–Kier alpha value is -2.82. The second-order valence-electron chi connectivity index (χ2n) is 6.26. The summed E-state index contributed by atoms with van der Waals surface area (Å²) >= 11 is 7.97. The fourth-order valence-electron chi connectivity index (χ4n) is 2.79. The summed E-state index contributed by atoms with van der Waals surface area (Å²) in [5.74, 6) is -2.93. The second kappa shape index (κ2) is 8.74. The monoisotopic (exact) mass is 481 g/mol. The predicted molar refractivity (Wildman–Crippen MR) is 116 cm³/mol. The molecule has 158 valence electrons. The maximum Gasteiger partial charge on any atom is 0.276 e. The molecule has 11 heteroatoms. The number of aromatic nitrogens is 2. The number of carbonyl (C=O) groups excluding carboxylic acids is 1. The molecule has 0 saturated carbocycles. The Kier molecular flexibility index (Phi) is 6.03. The van der Waals surface area contributed by atoms with Crippen LogP contribution in [-0.4, -0.2) is 21.2 Å². The molecule has 0 aliphatic heterocycles. The van der Waals surface area contributed by atoms with E-state index in [0.29, 0.717) is 16.3 Å². The highest BCUT2D eigenvalue weighted by Gasteiger charge is 2.17. The van der Waals surface area contributed by atoms with Crippen molar-refractivity contribution in [1.29, 1.82) is 0 Å². The van der Waals surface area contributed by atoms with E-state index in [9.17, 15) is 22.8 Å². The Morgan fingerprint density at radius 2 is 1.84 bits per heavy atom. The number of rotatable bonds is 5. The first-order valence-electron chi connectivity index (χ1n) is 8.66. The minimum atomic E-state index is -0.854. The van der Waals surface area contributed by atoms with Crippen LogP contribution in [0.2, 0.25) is 5.02 Å². The molecule has 0 bridgehead atoms. The predicted octanol–water partition coefficient (Wildman–Crippen LogP) is 5.25. The highest BCUT2D eigenvalue weighted by atomic mass is 35.5. The molecular weight excluding hydrogens is 471 g/mol. The first kappa shape index (κ1) is 21.4. The molecule has 0 aliphatic rings. The molecule has 4 rings (SSSR count). The van der Waals surface area contributed by atoms with E-state index in [1.165, 1.54) is 6.07 Å². The number of nitrogens with zero attached hydrogens (tertiary/aromatic N) is 2. The maximum atomic E-state index is 13.8. The molecule has 0 radical (unpaired) electrons. The van der Waals surface area contributed by atoms with E-state index in [4.69, 9.17) is 11.6 Å². The normalized spacial score (nSPS) is 11.1. The number of thiophene rings is 1. The summed E-state index contributed by atoms with van der Waals surface area (Å²) in [4.78, 5) is 29.7. The van der Waals surface area contributed by atoms with Crippen LogP contribution in [0.15, 0.2) is 57.8 Å². The van der Waals surface area contributed by atoms with Gasteiger partial charge >= 0.3 is 0 Å². The van der Waals surface area contributed by atoms with Gasteiger partial charge in [0.15, 0.2) is 5.16 Å². The summed E-state index contributed by atoms with van der Waals surface area (Å²) in [6.07, 6.45) is 0. The highest BCUT2D eigenvalue weighted by molar-refractivity contribution is 7.99. The van der Waals surface area contributed by atoms with E-state index in [1.807, 2.05) is 0 Å². The number of hydrogen-bond acceptors (Lipinski definition) is 5. The molecule has 4 aromatic rings. The van der Waals surface area contributed by atoms with Crippen molar-refractivity contribution in [1.82, 2.24) is 9.55 Å². The maximum absolute atomic E-state index is 13.8. The summed E-state index contributed by atoms with van der Waals surface area (Å²) < 4.78 is 42.1. The first-order chi connectivity index (χ1) is 14.8. The average Bonchev–Trinajstić information content (AvgIpc) is 3.17. The van der Waals surface area contributed by atoms with E-state index >= 15 is 0 Å². The SMILES string of the molecule is O=C(CSc1nc2ccsc2c(=O)n1-c1cc(F)cc(F)c1)Nc1ccc(F)cc1Cl. The molecule has 0 aliphatic carbocycles. The largest absolute Gasteiger partial charge is 0.324 e. The Bertz CT molecular complexity index is 1350. The fraction of sp³-hybridized carbons (Fsp3) is 0.0500. The zero-order chi connectivity index (χ0) is 22.1. The smallest absolute Gasteiger partial charge is 0.276 e. The van der Waals surface area contributed by atoms with Gasteiger partial charge in [-0.2, -0.15) is 0 Å². The molecule has 31 heavy (non-hydrogen) atoms. The Morgan fingerprint density at radius 1 is 1.10 bits per heavy atom. The summed E-state index contributed by atoms with van der Waals surface area (Å²) in [6, 6.07) is 7.88. The average molecular weight is 482 g/mol. The number of carbonyl (C=O) groups is 1. The van der Waals surface area contributed by atoms with Crippen LogP contribution in [0.25, 0.3) is 15.9 Å². The van der Waals surface area contributed by atoms with Crippen molar-refractivity contribution in [3.05, 3.63) is 80.7 Å². The minimum Gasteiger partial charge on any atom is -0.324 e. The zero-order valence-electron chi connectivity index (χ0n) is 15.4. The van der Waals surface area contributed by atoms with Crippen LogP contribution in [0, 0.1) is 17.5 Å². The number of anilines is 1. The molecule has 0 fully saturated rings. The quantitative estimate of drug-likeness (QED) is 0.312. The first-order valence-corrected chi connectivity index (χ1v) is 10.9. The number of halogens is 4. The number of hydrogen-bond donors (Lipinski definition) is 1. The van der Waals surface area contributed by atoms with Crippen molar-refractivity contribution in [2.24, 2.45) is 0 Å². The lowest BCUT2D eigenvalue weighted by Gasteiger charge is -2.12. The fourth-order valence-corrected chi connectivity index (χ4v) is 4.58. The molecule has 0 atom stereocenters. The molecule has 0 saturated heterocycles. The molecular formula is C20H11ClF3N3O2S2. The van der Waals surface area contributed by atoms with Crippen molar-refractivity contribution < 1.29 is 18.0 Å². The summed E-state index contributed by atoms with van der Waals surface area (Å²) in [5.41, 5.74) is 0.0800. The lowest BCUT2D eigenvalue weighted by atomic mass is 10.3. The van der Waals surface area contributed by atoms with Gasteiger partial charge in [-0.05, 0) is 41.8 Å². The van der Waals surface area contributed by atoms with E-state index in [0.717, 1.165) is 51.9 Å². The molecule has 0 unspecified atom stereocenters. The Morgan fingerprint density at radius 3 is 2.55 bits per heavy atom. The van der Waals surface area contributed by atoms with Crippen LogP contribution < -0.4 is 10.9 Å². The van der Waals surface area contributed by atoms with Crippen molar-refractivity contribution in [2.45, 2.75) is 5.16 Å². The number of thioether (sulfide) groups is 1. The van der Waals surface area contributed by atoms with Gasteiger partial charge < -0.3 is 5.32 Å². The molecule has 2 aromatic carbocycles. The number of fused-ring (bicyclic) bond motifs is 1. The summed E-state index contributed by atoms with van der Waals surface area (Å²) in [5, 5.41) is 4.33. The van der Waals surface area contributed by atoms with Crippen molar-refractivity contribution in [3.63, 3.8) is 0 Å². The van der Waals surface area contributed by atoms with Crippen molar-refractivity contribution in [3.8, 4) is 5.69 Å². The zero-order valence-corrected chi connectivity index (χ0v) is 17.8. The van der Waals surface area contributed by atoms with E-state index < -0.39 is 28.9 Å². The lowest BCUT2D eigenvalue weighted by Crippen LogP contribution is -2.22. The van der Waals surface area contributed by atoms with Gasteiger partial charge in [-0.3, -0.25) is 14.2 Å². The molecule has 1 amide bonds. The lowest BCUT2D eigenvalue weighted by molar-refractivity contribution is -0.113. The third-order valence-electron chi connectivity index (χ3n) is 4.09. The van der Waals surface area contributed by atoms with Gasteiger partial charge in [0.25, 0.3) is 5.56 Å². The van der Waals surface area contributed by atoms with Gasteiger partial charge in [-0.15, -0.1) is 11.3 Å². The van der Waals surface area contributed by atoms with Crippen LogP contribution >= 0.6 is 34.7 Å². The summed E-state index contributed by atoms with van der Waals surface area (Å²) in [7, 11) is 0. The Labute approximate surface area is 186 Å². The number of nitrogens with one attached hydrogen (secondary N) is 1. The van der Waals surface area contributed by atoms with E-state index in [-0.39, 0.29) is 27.3 Å². The molecule has 2 heterocycles. The number of amides is 1. The molecule has 0 spiro atoms. The van der Waals surface area contributed by atoms with Gasteiger partial charge in [0.05, 0.1) is 27.7 Å². The van der Waals surface area contributed by atoms with Crippen LogP contribution in [-0.2, 0) is 4.79 Å². The number of benzene rings is 2. The van der Waals surface area contributed by atoms with Gasteiger partial charge in [-0.1, -0.05) is 23.4 Å². The summed E-state index contributed by atoms with van der Waals surface area (Å²) in [6.45, 7) is 0. The molecule has 1 N–H and O–H groups in total. The molecule has 2 aromatic heterocycles. The van der Waals surface area contributed by atoms with Crippen LogP contribution in [0.5, 0.6) is 0 Å². The van der Waals surface area contributed by atoms with Crippen LogP contribution in [0.1, 0.15) is 0 Å². The third kappa shape index (κ3) is 4.60. The van der Waals surface area contributed by atoms with Gasteiger partial charge in [-0.25, -0.2) is 18.2 Å². The van der Waals surface area contributed by atoms with Crippen LogP contribution in [0.3, 0.4) is 0 Å². The van der Waals surface area contributed by atoms with E-state index in [1.54, 1.807) is 11.4 Å². The van der Waals surface area contributed by atoms with Crippen molar-refractivity contribution >= 4 is 56.5 Å². The third-order valence-corrected chi connectivity index (χ3v) is 6.24. The molecule has 5 nitrogen and oxygen atoms in total. The van der Waals surface area contributed by atoms with Gasteiger partial charge in [0.1, 0.15) is 22.2 Å². The van der Waals surface area contributed by atoms with E-state index in [2.05, 4.69) is 10.3 Å². The highest BCUT2D eigenvalue weighted by Crippen LogP contribution is 2.26. The van der Waals surface area contributed by atoms with Crippen molar-refractivity contribution in [2.75, 3.05) is 11.1 Å². The van der Waals surface area contributed by atoms with Gasteiger partial charge in [0.2, 0.25) is 5.91 Å².